The van der Waals surface area contributed by atoms with E-state index in [0.717, 1.165) is 31.4 Å². The lowest BCUT2D eigenvalue weighted by atomic mass is 10.1. The Kier molecular flexibility index (Phi) is 15.1. The molecule has 1 heterocycles. The van der Waals surface area contributed by atoms with Crippen molar-refractivity contribution in [3.63, 3.8) is 0 Å². The van der Waals surface area contributed by atoms with Gasteiger partial charge in [-0.05, 0) is 20.3 Å². The van der Waals surface area contributed by atoms with Crippen molar-refractivity contribution in [2.75, 3.05) is 13.1 Å². The number of rotatable bonds is 12. The molecular formula is C17H35IN6. The second-order valence-electron chi connectivity index (χ2n) is 5.78. The highest BCUT2D eigenvalue weighted by atomic mass is 127. The fraction of sp³-hybridized carbons (Fsp3) is 0.824. The summed E-state index contributed by atoms with van der Waals surface area (Å²) in [4.78, 5) is 4.59. The van der Waals surface area contributed by atoms with Crippen LogP contribution in [0.3, 0.4) is 0 Å². The molecule has 1 aromatic rings. The molecule has 140 valence electrons. The Labute approximate surface area is 164 Å². The van der Waals surface area contributed by atoms with Gasteiger partial charge in [-0.15, -0.1) is 34.2 Å². The van der Waals surface area contributed by atoms with Gasteiger partial charge >= 0.3 is 0 Å². The van der Waals surface area contributed by atoms with Crippen molar-refractivity contribution in [3.05, 3.63) is 12.2 Å². The van der Waals surface area contributed by atoms with Gasteiger partial charge < -0.3 is 15.2 Å². The molecule has 0 amide bonds. The Balaban J connectivity index is 0.00000529. The second-order valence-corrected chi connectivity index (χ2v) is 5.78. The number of guanidine groups is 1. The van der Waals surface area contributed by atoms with Gasteiger partial charge in [-0.25, -0.2) is 4.99 Å². The van der Waals surface area contributed by atoms with Crippen LogP contribution < -0.4 is 10.6 Å². The maximum absolute atomic E-state index is 4.59. The molecule has 7 heteroatoms. The third kappa shape index (κ3) is 10.1. The van der Waals surface area contributed by atoms with Crippen molar-refractivity contribution >= 4 is 29.9 Å². The van der Waals surface area contributed by atoms with E-state index in [1.165, 1.54) is 44.9 Å². The van der Waals surface area contributed by atoms with E-state index in [0.29, 0.717) is 6.54 Å². The van der Waals surface area contributed by atoms with Crippen LogP contribution in [0.2, 0.25) is 0 Å². The Morgan fingerprint density at radius 2 is 1.75 bits per heavy atom. The number of hydrogen-bond donors (Lipinski definition) is 2. The van der Waals surface area contributed by atoms with E-state index in [2.05, 4.69) is 46.6 Å². The predicted molar refractivity (Wildman–Crippen MR) is 112 cm³/mol. The van der Waals surface area contributed by atoms with Gasteiger partial charge in [0.25, 0.3) is 0 Å². The maximum Gasteiger partial charge on any atom is 0.191 e. The van der Waals surface area contributed by atoms with Gasteiger partial charge in [0.1, 0.15) is 12.9 Å². The van der Waals surface area contributed by atoms with Crippen molar-refractivity contribution in [3.8, 4) is 0 Å². The standard InChI is InChI=1S/C17H34N6.HI/c1-4-7-8-9-10-11-12-13-19-17(18-5-2)20-14-16-22-21-15-23(16)6-3;/h15H,4-14H2,1-3H3,(H2,18,19,20);1H. The van der Waals surface area contributed by atoms with E-state index in [9.17, 15) is 0 Å². The first-order valence-electron chi connectivity index (χ1n) is 9.20. The minimum Gasteiger partial charge on any atom is -0.357 e. The number of aromatic nitrogens is 3. The number of aryl methyl sites for hydroxylation is 1. The van der Waals surface area contributed by atoms with Gasteiger partial charge in [0.05, 0.1) is 0 Å². The summed E-state index contributed by atoms with van der Waals surface area (Å²) in [5, 5.41) is 14.7. The Morgan fingerprint density at radius 3 is 2.42 bits per heavy atom. The first-order valence-corrected chi connectivity index (χ1v) is 9.20. The van der Waals surface area contributed by atoms with Gasteiger partial charge in [-0.1, -0.05) is 45.4 Å². The van der Waals surface area contributed by atoms with Gasteiger partial charge in [0, 0.05) is 19.6 Å². The highest BCUT2D eigenvalue weighted by Gasteiger charge is 2.02. The quantitative estimate of drug-likeness (QED) is 0.221. The van der Waals surface area contributed by atoms with Crippen LogP contribution in [-0.4, -0.2) is 33.8 Å². The molecule has 0 spiro atoms. The summed E-state index contributed by atoms with van der Waals surface area (Å²) in [5.41, 5.74) is 0. The zero-order chi connectivity index (χ0) is 16.8. The fourth-order valence-corrected chi connectivity index (χ4v) is 2.45. The van der Waals surface area contributed by atoms with E-state index in [1.807, 2.05) is 4.57 Å². The first kappa shape index (κ1) is 23.1. The summed E-state index contributed by atoms with van der Waals surface area (Å²) in [6.07, 6.45) is 11.0. The molecule has 0 fully saturated rings. The van der Waals surface area contributed by atoms with Crippen molar-refractivity contribution in [1.82, 2.24) is 25.4 Å². The zero-order valence-corrected chi connectivity index (χ0v) is 17.9. The van der Waals surface area contributed by atoms with Crippen molar-refractivity contribution < 1.29 is 0 Å². The Hall–Kier alpha value is -0.860. The third-order valence-corrected chi connectivity index (χ3v) is 3.83. The summed E-state index contributed by atoms with van der Waals surface area (Å²) in [5.74, 6) is 1.77. The molecule has 0 aliphatic rings. The molecule has 0 radical (unpaired) electrons. The summed E-state index contributed by atoms with van der Waals surface area (Å²) in [6, 6.07) is 0. The highest BCUT2D eigenvalue weighted by Crippen LogP contribution is 2.06. The minimum atomic E-state index is 0. The van der Waals surface area contributed by atoms with E-state index >= 15 is 0 Å². The largest absolute Gasteiger partial charge is 0.357 e. The van der Waals surface area contributed by atoms with E-state index in [4.69, 9.17) is 0 Å². The molecule has 0 bridgehead atoms. The van der Waals surface area contributed by atoms with Gasteiger partial charge in [0.2, 0.25) is 0 Å². The van der Waals surface area contributed by atoms with Crippen LogP contribution >= 0.6 is 24.0 Å². The van der Waals surface area contributed by atoms with Crippen LogP contribution in [0, 0.1) is 0 Å². The molecule has 6 nitrogen and oxygen atoms in total. The normalized spacial score (nSPS) is 11.2. The van der Waals surface area contributed by atoms with Gasteiger partial charge in [-0.3, -0.25) is 0 Å². The van der Waals surface area contributed by atoms with Crippen molar-refractivity contribution in [2.24, 2.45) is 4.99 Å². The van der Waals surface area contributed by atoms with Crippen LogP contribution in [-0.2, 0) is 13.1 Å². The molecule has 0 aliphatic carbocycles. The van der Waals surface area contributed by atoms with Gasteiger partial charge in [-0.2, -0.15) is 0 Å². The maximum atomic E-state index is 4.59. The third-order valence-electron chi connectivity index (χ3n) is 3.83. The number of unbranched alkanes of at least 4 members (excludes halogenated alkanes) is 6. The molecule has 1 aromatic heterocycles. The number of nitrogens with zero attached hydrogens (tertiary/aromatic N) is 4. The summed E-state index contributed by atoms with van der Waals surface area (Å²) in [7, 11) is 0. The number of nitrogens with one attached hydrogen (secondary N) is 2. The zero-order valence-electron chi connectivity index (χ0n) is 15.6. The molecule has 2 N–H and O–H groups in total. The average molecular weight is 450 g/mol. The first-order chi connectivity index (χ1) is 11.3. The van der Waals surface area contributed by atoms with Crippen LogP contribution in [0.1, 0.15) is 71.5 Å². The van der Waals surface area contributed by atoms with E-state index in [1.54, 1.807) is 6.33 Å². The molecule has 0 unspecified atom stereocenters. The van der Waals surface area contributed by atoms with Crippen molar-refractivity contribution in [2.45, 2.75) is 78.8 Å². The molecule has 0 aliphatic heterocycles. The highest BCUT2D eigenvalue weighted by molar-refractivity contribution is 14.0. The molecule has 1 rings (SSSR count). The van der Waals surface area contributed by atoms with E-state index in [-0.39, 0.29) is 24.0 Å². The smallest absolute Gasteiger partial charge is 0.191 e. The van der Waals surface area contributed by atoms with Crippen LogP contribution in [0.4, 0.5) is 0 Å². The fourth-order valence-electron chi connectivity index (χ4n) is 2.45. The SMILES string of the molecule is CCCCCCCCCNC(=NCc1nncn1CC)NCC.I. The molecule has 24 heavy (non-hydrogen) atoms. The predicted octanol–water partition coefficient (Wildman–Crippen LogP) is 3.72. The topological polar surface area (TPSA) is 67.1 Å². The lowest BCUT2D eigenvalue weighted by Crippen LogP contribution is -2.37. The molecule has 0 saturated carbocycles. The number of hydrogen-bond acceptors (Lipinski definition) is 3. The van der Waals surface area contributed by atoms with E-state index < -0.39 is 0 Å². The Bertz CT molecular complexity index is 432. The Morgan fingerprint density at radius 1 is 1.04 bits per heavy atom. The second kappa shape index (κ2) is 15.7. The summed E-state index contributed by atoms with van der Waals surface area (Å²) in [6.45, 7) is 9.69. The van der Waals surface area contributed by atoms with Crippen LogP contribution in [0.25, 0.3) is 0 Å². The molecule has 0 atom stereocenters. The average Bonchev–Trinajstić information content (AvgIpc) is 3.02. The molecule has 0 saturated heterocycles. The van der Waals surface area contributed by atoms with Crippen molar-refractivity contribution in [1.29, 1.82) is 0 Å². The number of halogens is 1. The lowest BCUT2D eigenvalue weighted by molar-refractivity contribution is 0.583. The summed E-state index contributed by atoms with van der Waals surface area (Å²) >= 11 is 0. The minimum absolute atomic E-state index is 0. The number of aliphatic imine (C=N–C) groups is 1. The van der Waals surface area contributed by atoms with Gasteiger partial charge in [0.15, 0.2) is 11.8 Å². The van der Waals surface area contributed by atoms with Crippen LogP contribution in [0.15, 0.2) is 11.3 Å². The molecular weight excluding hydrogens is 415 g/mol. The summed E-state index contributed by atoms with van der Waals surface area (Å²) < 4.78 is 2.02. The molecule has 0 aromatic carbocycles. The van der Waals surface area contributed by atoms with Crippen LogP contribution in [0.5, 0.6) is 0 Å². The lowest BCUT2D eigenvalue weighted by Gasteiger charge is -2.11. The monoisotopic (exact) mass is 450 g/mol.